The highest BCUT2D eigenvalue weighted by Gasteiger charge is 2.34. The van der Waals surface area contributed by atoms with E-state index in [2.05, 4.69) is 5.32 Å². The molecule has 0 aliphatic heterocycles. The molecule has 0 bridgehead atoms. The molecule has 1 fully saturated rings. The molecule has 0 aromatic heterocycles. The maximum atomic E-state index is 14.2. The minimum Gasteiger partial charge on any atom is -0.352 e. The summed E-state index contributed by atoms with van der Waals surface area (Å²) in [5, 5.41) is 4.33. The average molecular weight is 651 g/mol. The quantitative estimate of drug-likeness (QED) is 0.240. The van der Waals surface area contributed by atoms with Crippen LogP contribution in [0.1, 0.15) is 51.0 Å². The lowest BCUT2D eigenvalue weighted by Crippen LogP contribution is -2.54. The van der Waals surface area contributed by atoms with Crippen molar-refractivity contribution >= 4 is 62.3 Å². The van der Waals surface area contributed by atoms with Crippen LogP contribution in [0, 0.1) is 0 Å². The van der Waals surface area contributed by atoms with Crippen molar-refractivity contribution in [3.05, 3.63) is 93.4 Å². The summed E-state index contributed by atoms with van der Waals surface area (Å²) in [6.07, 6.45) is 5.31. The number of rotatable bonds is 11. The summed E-state index contributed by atoms with van der Waals surface area (Å²) in [5.41, 5.74) is 0.850. The van der Waals surface area contributed by atoms with Gasteiger partial charge in [0.15, 0.2) is 0 Å². The van der Waals surface area contributed by atoms with Gasteiger partial charge in [-0.05, 0) is 73.4 Å². The molecular weight excluding hydrogens is 617 g/mol. The number of carbonyl (C=O) groups excluding carboxylic acids is 2. The molecule has 3 aromatic rings. The Labute approximate surface area is 262 Å². The first-order valence-corrected chi connectivity index (χ1v) is 16.5. The molecule has 7 nitrogen and oxygen atoms in total. The number of benzene rings is 3. The van der Waals surface area contributed by atoms with Gasteiger partial charge in [0.1, 0.15) is 12.6 Å². The monoisotopic (exact) mass is 649 g/mol. The Kier molecular flexibility index (Phi) is 11.2. The molecule has 224 valence electrons. The van der Waals surface area contributed by atoms with E-state index in [0.29, 0.717) is 27.1 Å². The maximum absolute atomic E-state index is 14.2. The summed E-state index contributed by atoms with van der Waals surface area (Å²) in [4.78, 5) is 29.3. The standard InChI is InChI=1S/C31H34Cl3N3O4S/c1-2-29(31(39)35-25-9-5-3-6-10-25)36(20-22-13-14-24(33)19-28(22)34)30(38)21-37(26-17-15-23(32)16-18-26)42(40,41)27-11-7-4-8-12-27/h4,7-8,11-19,25,29H,2-3,5-6,9-10,20-21H2,1H3,(H,35,39)/t29-/m0/s1. The van der Waals surface area contributed by atoms with E-state index in [4.69, 9.17) is 34.8 Å². The lowest BCUT2D eigenvalue weighted by Gasteiger charge is -2.34. The van der Waals surface area contributed by atoms with Crippen molar-refractivity contribution in [1.29, 1.82) is 0 Å². The van der Waals surface area contributed by atoms with Gasteiger partial charge in [-0.15, -0.1) is 0 Å². The number of anilines is 1. The molecule has 3 aromatic carbocycles. The van der Waals surface area contributed by atoms with Crippen LogP contribution in [0.25, 0.3) is 0 Å². The van der Waals surface area contributed by atoms with Gasteiger partial charge in [-0.3, -0.25) is 13.9 Å². The summed E-state index contributed by atoms with van der Waals surface area (Å²) in [6, 6.07) is 18.2. The van der Waals surface area contributed by atoms with Gasteiger partial charge in [-0.1, -0.05) is 85.3 Å². The molecule has 1 atom stereocenters. The second kappa shape index (κ2) is 14.6. The molecule has 1 aliphatic carbocycles. The first kappa shape index (κ1) is 32.1. The fourth-order valence-corrected chi connectivity index (χ4v) is 7.18. The molecule has 0 unspecified atom stereocenters. The number of sulfonamides is 1. The van der Waals surface area contributed by atoms with Crippen LogP contribution in [0.2, 0.25) is 15.1 Å². The average Bonchev–Trinajstić information content (AvgIpc) is 2.98. The summed E-state index contributed by atoms with van der Waals surface area (Å²) in [6.45, 7) is 1.27. The first-order chi connectivity index (χ1) is 20.1. The van der Waals surface area contributed by atoms with E-state index >= 15 is 0 Å². The van der Waals surface area contributed by atoms with Crippen molar-refractivity contribution in [2.45, 2.75) is 69.0 Å². The Morgan fingerprint density at radius 3 is 2.17 bits per heavy atom. The topological polar surface area (TPSA) is 86.8 Å². The Balaban J connectivity index is 1.71. The number of nitrogens with zero attached hydrogens (tertiary/aromatic N) is 2. The van der Waals surface area contributed by atoms with Gasteiger partial charge in [0, 0.05) is 27.7 Å². The minimum absolute atomic E-state index is 0.00866. The van der Waals surface area contributed by atoms with Crippen molar-refractivity contribution in [2.24, 2.45) is 0 Å². The van der Waals surface area contributed by atoms with Crippen molar-refractivity contribution in [2.75, 3.05) is 10.8 Å². The highest BCUT2D eigenvalue weighted by molar-refractivity contribution is 7.92. The SMILES string of the molecule is CC[C@@H](C(=O)NC1CCCCC1)N(Cc1ccc(Cl)cc1Cl)C(=O)CN(c1ccc(Cl)cc1)S(=O)(=O)c1ccccc1. The Morgan fingerprint density at radius 2 is 1.55 bits per heavy atom. The Hall–Kier alpha value is -2.78. The molecular formula is C31H34Cl3N3O4S. The third-order valence-electron chi connectivity index (χ3n) is 7.42. The fraction of sp³-hybridized carbons (Fsp3) is 0.355. The third-order valence-corrected chi connectivity index (χ3v) is 10.0. The Bertz CT molecular complexity index is 1480. The van der Waals surface area contributed by atoms with Crippen molar-refractivity contribution < 1.29 is 18.0 Å². The number of carbonyl (C=O) groups is 2. The number of halogens is 3. The van der Waals surface area contributed by atoms with Crippen LogP contribution < -0.4 is 9.62 Å². The van der Waals surface area contributed by atoms with E-state index in [-0.39, 0.29) is 29.1 Å². The maximum Gasteiger partial charge on any atom is 0.264 e. The van der Waals surface area contributed by atoms with Gasteiger partial charge < -0.3 is 10.2 Å². The molecule has 2 amide bonds. The second-order valence-electron chi connectivity index (χ2n) is 10.3. The van der Waals surface area contributed by atoms with Gasteiger partial charge in [0.2, 0.25) is 11.8 Å². The molecule has 1 aliphatic rings. The van der Waals surface area contributed by atoms with Gasteiger partial charge in [0.25, 0.3) is 10.0 Å². The zero-order valence-corrected chi connectivity index (χ0v) is 26.4. The third kappa shape index (κ3) is 7.98. The van der Waals surface area contributed by atoms with E-state index in [1.807, 2.05) is 6.92 Å². The van der Waals surface area contributed by atoms with Crippen LogP contribution in [-0.4, -0.2) is 43.8 Å². The molecule has 0 saturated heterocycles. The van der Waals surface area contributed by atoms with Gasteiger partial charge in [0.05, 0.1) is 10.6 Å². The second-order valence-corrected chi connectivity index (χ2v) is 13.5. The summed E-state index contributed by atoms with van der Waals surface area (Å²) in [7, 11) is -4.16. The molecule has 0 heterocycles. The van der Waals surface area contributed by atoms with Gasteiger partial charge in [-0.2, -0.15) is 0 Å². The molecule has 42 heavy (non-hydrogen) atoms. The number of amides is 2. The molecule has 11 heteroatoms. The Morgan fingerprint density at radius 1 is 0.905 bits per heavy atom. The van der Waals surface area contributed by atoms with Crippen molar-refractivity contribution in [3.8, 4) is 0 Å². The van der Waals surface area contributed by atoms with Crippen LogP contribution in [0.15, 0.2) is 77.7 Å². The molecule has 0 radical (unpaired) electrons. The van der Waals surface area contributed by atoms with Gasteiger partial charge >= 0.3 is 0 Å². The fourth-order valence-electron chi connectivity index (χ4n) is 5.15. The minimum atomic E-state index is -4.16. The van der Waals surface area contributed by atoms with Crippen LogP contribution in [-0.2, 0) is 26.2 Å². The predicted octanol–water partition coefficient (Wildman–Crippen LogP) is 7.10. The number of hydrogen-bond acceptors (Lipinski definition) is 4. The van der Waals surface area contributed by atoms with Crippen LogP contribution in [0.4, 0.5) is 5.69 Å². The smallest absolute Gasteiger partial charge is 0.264 e. The zero-order valence-electron chi connectivity index (χ0n) is 23.3. The lowest BCUT2D eigenvalue weighted by atomic mass is 9.95. The number of hydrogen-bond donors (Lipinski definition) is 1. The van der Waals surface area contributed by atoms with Crippen molar-refractivity contribution in [1.82, 2.24) is 10.2 Å². The lowest BCUT2D eigenvalue weighted by molar-refractivity contribution is -0.140. The van der Waals surface area contributed by atoms with E-state index in [0.717, 1.165) is 36.4 Å². The number of nitrogens with one attached hydrogen (secondary N) is 1. The first-order valence-electron chi connectivity index (χ1n) is 14.0. The summed E-state index contributed by atoms with van der Waals surface area (Å²) in [5.74, 6) is -0.826. The van der Waals surface area contributed by atoms with E-state index in [9.17, 15) is 18.0 Å². The predicted molar refractivity (Wildman–Crippen MR) is 169 cm³/mol. The van der Waals surface area contributed by atoms with Crippen LogP contribution in [0.3, 0.4) is 0 Å². The van der Waals surface area contributed by atoms with E-state index < -0.39 is 28.5 Å². The highest BCUT2D eigenvalue weighted by atomic mass is 35.5. The largest absolute Gasteiger partial charge is 0.352 e. The highest BCUT2D eigenvalue weighted by Crippen LogP contribution is 2.28. The van der Waals surface area contributed by atoms with Crippen LogP contribution in [0.5, 0.6) is 0 Å². The zero-order chi connectivity index (χ0) is 30.3. The van der Waals surface area contributed by atoms with Gasteiger partial charge in [-0.25, -0.2) is 8.42 Å². The van der Waals surface area contributed by atoms with E-state index in [1.54, 1.807) is 60.7 Å². The molecule has 1 saturated carbocycles. The summed E-state index contributed by atoms with van der Waals surface area (Å²) < 4.78 is 28.8. The van der Waals surface area contributed by atoms with Crippen molar-refractivity contribution in [3.63, 3.8) is 0 Å². The van der Waals surface area contributed by atoms with E-state index in [1.165, 1.54) is 17.0 Å². The van der Waals surface area contributed by atoms with Crippen LogP contribution >= 0.6 is 34.8 Å². The molecule has 0 spiro atoms. The molecule has 1 N–H and O–H groups in total. The molecule has 4 rings (SSSR count). The summed E-state index contributed by atoms with van der Waals surface area (Å²) >= 11 is 18.7. The normalized spacial score (nSPS) is 14.7.